The molecule has 19 heavy (non-hydrogen) atoms. The van der Waals surface area contributed by atoms with Crippen molar-refractivity contribution in [1.29, 1.82) is 0 Å². The fourth-order valence-corrected chi connectivity index (χ4v) is 2.36. The lowest BCUT2D eigenvalue weighted by molar-refractivity contribution is -0.123. The molecule has 0 saturated heterocycles. The van der Waals surface area contributed by atoms with Gasteiger partial charge >= 0.3 is 0 Å². The minimum Gasteiger partial charge on any atom is -0.393 e. The number of nitrogens with one attached hydrogen (secondary N) is 1. The number of hydrogen-bond donors (Lipinski definition) is 2. The van der Waals surface area contributed by atoms with Gasteiger partial charge in [-0.1, -0.05) is 17.7 Å². The van der Waals surface area contributed by atoms with E-state index in [0.29, 0.717) is 10.7 Å². The van der Waals surface area contributed by atoms with Gasteiger partial charge in [-0.3, -0.25) is 4.79 Å². The van der Waals surface area contributed by atoms with E-state index in [-0.39, 0.29) is 24.7 Å². The molecule has 1 aromatic rings. The van der Waals surface area contributed by atoms with Gasteiger partial charge < -0.3 is 15.2 Å². The van der Waals surface area contributed by atoms with Crippen LogP contribution >= 0.6 is 11.6 Å². The molecule has 1 aliphatic rings. The van der Waals surface area contributed by atoms with Gasteiger partial charge in [-0.2, -0.15) is 0 Å². The van der Waals surface area contributed by atoms with Crippen LogP contribution < -0.4 is 5.32 Å². The third kappa shape index (κ3) is 4.82. The monoisotopic (exact) mass is 283 g/mol. The highest BCUT2D eigenvalue weighted by Crippen LogP contribution is 2.21. The number of carbonyl (C=O) groups excluding carboxylic acids is 1. The highest BCUT2D eigenvalue weighted by atomic mass is 35.5. The summed E-state index contributed by atoms with van der Waals surface area (Å²) in [5, 5.41) is 12.7. The average Bonchev–Trinajstić information content (AvgIpc) is 2.38. The van der Waals surface area contributed by atoms with E-state index >= 15 is 0 Å². The number of ether oxygens (including phenoxy) is 1. The van der Waals surface area contributed by atoms with E-state index < -0.39 is 0 Å². The Bertz CT molecular complexity index is 430. The van der Waals surface area contributed by atoms with Gasteiger partial charge in [0, 0.05) is 10.7 Å². The Balaban J connectivity index is 1.73. The molecule has 2 N–H and O–H groups in total. The number of aliphatic hydroxyl groups is 1. The fourth-order valence-electron chi connectivity index (χ4n) is 2.17. The lowest BCUT2D eigenvalue weighted by Crippen LogP contribution is -2.28. The normalized spacial score (nSPS) is 23.1. The lowest BCUT2D eigenvalue weighted by atomic mass is 9.95. The van der Waals surface area contributed by atoms with Crippen LogP contribution in [0.5, 0.6) is 0 Å². The molecule has 1 amide bonds. The van der Waals surface area contributed by atoms with Crippen molar-refractivity contribution in [3.8, 4) is 0 Å². The number of anilines is 1. The van der Waals surface area contributed by atoms with Crippen molar-refractivity contribution in [3.63, 3.8) is 0 Å². The Morgan fingerprint density at radius 2 is 2.11 bits per heavy atom. The zero-order chi connectivity index (χ0) is 13.7. The molecule has 0 radical (unpaired) electrons. The first-order chi connectivity index (χ1) is 9.13. The summed E-state index contributed by atoms with van der Waals surface area (Å²) in [5.74, 6) is -0.187. The Hall–Kier alpha value is -1.10. The molecular weight excluding hydrogens is 266 g/mol. The average molecular weight is 284 g/mol. The molecule has 4 nitrogen and oxygen atoms in total. The zero-order valence-electron chi connectivity index (χ0n) is 10.6. The smallest absolute Gasteiger partial charge is 0.250 e. The summed E-state index contributed by atoms with van der Waals surface area (Å²) in [6.45, 7) is 0.0350. The summed E-state index contributed by atoms with van der Waals surface area (Å²) >= 11 is 5.83. The van der Waals surface area contributed by atoms with Gasteiger partial charge in [0.05, 0.1) is 12.2 Å². The van der Waals surface area contributed by atoms with Crippen molar-refractivity contribution in [2.75, 3.05) is 11.9 Å². The Labute approximate surface area is 117 Å². The second-order valence-corrected chi connectivity index (χ2v) is 5.24. The number of rotatable bonds is 4. The molecule has 1 fully saturated rings. The lowest BCUT2D eigenvalue weighted by Gasteiger charge is -2.25. The van der Waals surface area contributed by atoms with Crippen molar-refractivity contribution in [2.45, 2.75) is 37.9 Å². The molecule has 1 saturated carbocycles. The van der Waals surface area contributed by atoms with E-state index in [0.717, 1.165) is 25.7 Å². The molecule has 1 aromatic carbocycles. The number of benzene rings is 1. The molecular formula is C14H18ClNO3. The zero-order valence-corrected chi connectivity index (χ0v) is 11.4. The second-order valence-electron chi connectivity index (χ2n) is 4.80. The molecule has 1 aliphatic carbocycles. The molecule has 0 spiro atoms. The van der Waals surface area contributed by atoms with Crippen LogP contribution in [0.3, 0.4) is 0 Å². The van der Waals surface area contributed by atoms with Gasteiger partial charge in [-0.15, -0.1) is 0 Å². The molecule has 104 valence electrons. The van der Waals surface area contributed by atoms with Gasteiger partial charge in [0.2, 0.25) is 5.91 Å². The SMILES string of the molecule is O=C(COC1CCC(O)CC1)Nc1cccc(Cl)c1. The largest absolute Gasteiger partial charge is 0.393 e. The Morgan fingerprint density at radius 3 is 2.79 bits per heavy atom. The predicted octanol–water partition coefficient (Wildman–Crippen LogP) is 2.60. The molecule has 0 unspecified atom stereocenters. The van der Waals surface area contributed by atoms with Gasteiger partial charge in [0.25, 0.3) is 0 Å². The summed E-state index contributed by atoms with van der Waals surface area (Å²) in [6, 6.07) is 7.00. The highest BCUT2D eigenvalue weighted by Gasteiger charge is 2.20. The maximum absolute atomic E-state index is 11.7. The highest BCUT2D eigenvalue weighted by molar-refractivity contribution is 6.30. The molecule has 0 aromatic heterocycles. The first-order valence-electron chi connectivity index (χ1n) is 6.48. The van der Waals surface area contributed by atoms with Crippen LogP contribution in [0, 0.1) is 0 Å². The first kappa shape index (κ1) is 14.3. The van der Waals surface area contributed by atoms with Crippen molar-refractivity contribution >= 4 is 23.2 Å². The number of halogens is 1. The predicted molar refractivity (Wildman–Crippen MR) is 74.3 cm³/mol. The van der Waals surface area contributed by atoms with Gasteiger partial charge in [0.15, 0.2) is 0 Å². The van der Waals surface area contributed by atoms with Crippen molar-refractivity contribution in [1.82, 2.24) is 0 Å². The summed E-state index contributed by atoms with van der Waals surface area (Å²) in [7, 11) is 0. The minimum absolute atomic E-state index is 0.0350. The number of amides is 1. The second kappa shape index (κ2) is 6.89. The van der Waals surface area contributed by atoms with Crippen LogP contribution in [-0.2, 0) is 9.53 Å². The number of carbonyl (C=O) groups is 1. The van der Waals surface area contributed by atoms with Crippen LogP contribution in [0.4, 0.5) is 5.69 Å². The maximum atomic E-state index is 11.7. The summed E-state index contributed by atoms with van der Waals surface area (Å²) < 4.78 is 5.54. The number of aliphatic hydroxyl groups excluding tert-OH is 1. The topological polar surface area (TPSA) is 58.6 Å². The summed E-state index contributed by atoms with van der Waals surface area (Å²) in [4.78, 5) is 11.7. The number of hydrogen-bond acceptors (Lipinski definition) is 3. The van der Waals surface area contributed by atoms with E-state index in [4.69, 9.17) is 16.3 Å². The van der Waals surface area contributed by atoms with Gasteiger partial charge in [-0.25, -0.2) is 0 Å². The first-order valence-corrected chi connectivity index (χ1v) is 6.86. The molecule has 5 heteroatoms. The van der Waals surface area contributed by atoms with Crippen LogP contribution in [0.1, 0.15) is 25.7 Å². The summed E-state index contributed by atoms with van der Waals surface area (Å²) in [6.07, 6.45) is 2.99. The van der Waals surface area contributed by atoms with Crippen molar-refractivity contribution in [3.05, 3.63) is 29.3 Å². The molecule has 0 atom stereocenters. The third-order valence-electron chi connectivity index (χ3n) is 3.20. The summed E-state index contributed by atoms with van der Waals surface area (Å²) in [5.41, 5.74) is 0.667. The molecule has 0 bridgehead atoms. The maximum Gasteiger partial charge on any atom is 0.250 e. The van der Waals surface area contributed by atoms with Crippen LogP contribution in [0.25, 0.3) is 0 Å². The standard InChI is InChI=1S/C14H18ClNO3/c15-10-2-1-3-11(8-10)16-14(18)9-19-13-6-4-12(17)5-7-13/h1-3,8,12-13,17H,4-7,9H2,(H,16,18). The molecule has 0 aliphatic heterocycles. The van der Waals surface area contributed by atoms with Crippen LogP contribution in [0.15, 0.2) is 24.3 Å². The van der Waals surface area contributed by atoms with Crippen molar-refractivity contribution < 1.29 is 14.6 Å². The van der Waals surface area contributed by atoms with E-state index in [9.17, 15) is 9.90 Å². The van der Waals surface area contributed by atoms with Crippen molar-refractivity contribution in [2.24, 2.45) is 0 Å². The molecule has 2 rings (SSSR count). The quantitative estimate of drug-likeness (QED) is 0.893. The van der Waals surface area contributed by atoms with Crippen LogP contribution in [-0.4, -0.2) is 29.8 Å². The Morgan fingerprint density at radius 1 is 1.37 bits per heavy atom. The van der Waals surface area contributed by atoms with E-state index in [1.807, 2.05) is 0 Å². The fraction of sp³-hybridized carbons (Fsp3) is 0.500. The van der Waals surface area contributed by atoms with E-state index in [1.54, 1.807) is 24.3 Å². The van der Waals surface area contributed by atoms with E-state index in [2.05, 4.69) is 5.32 Å². The van der Waals surface area contributed by atoms with Gasteiger partial charge in [0.1, 0.15) is 6.61 Å². The Kier molecular flexibility index (Phi) is 5.19. The van der Waals surface area contributed by atoms with Crippen LogP contribution in [0.2, 0.25) is 5.02 Å². The minimum atomic E-state index is -0.208. The molecule has 0 heterocycles. The third-order valence-corrected chi connectivity index (χ3v) is 3.44. The van der Waals surface area contributed by atoms with Gasteiger partial charge in [-0.05, 0) is 43.9 Å². The van der Waals surface area contributed by atoms with E-state index in [1.165, 1.54) is 0 Å².